The molecule has 1 aliphatic rings. The first-order valence-electron chi connectivity index (χ1n) is 14.8. The van der Waals surface area contributed by atoms with Gasteiger partial charge in [-0.2, -0.15) is 0 Å². The lowest BCUT2D eigenvalue weighted by molar-refractivity contribution is 1.40. The Kier molecular flexibility index (Phi) is 4.75. The van der Waals surface area contributed by atoms with Crippen LogP contribution in [0.25, 0.3) is 87.2 Å². The highest BCUT2D eigenvalue weighted by atomic mass is 32.2. The van der Waals surface area contributed by atoms with Crippen molar-refractivity contribution in [2.75, 3.05) is 0 Å². The van der Waals surface area contributed by atoms with E-state index >= 15 is 0 Å². The summed E-state index contributed by atoms with van der Waals surface area (Å²) in [5.74, 6) is 0. The zero-order chi connectivity index (χ0) is 28.1. The van der Waals surface area contributed by atoms with Crippen molar-refractivity contribution in [3.05, 3.63) is 146 Å². The van der Waals surface area contributed by atoms with Gasteiger partial charge < -0.3 is 0 Å². The molecule has 198 valence electrons. The first-order valence-corrected chi connectivity index (χ1v) is 15.7. The van der Waals surface area contributed by atoms with Gasteiger partial charge in [-0.25, -0.2) is 0 Å². The first-order chi connectivity index (χ1) is 21.3. The Morgan fingerprint density at radius 2 is 0.884 bits per heavy atom. The molecular weight excluding hydrogens is 537 g/mol. The summed E-state index contributed by atoms with van der Waals surface area (Å²) in [5.41, 5.74) is 7.76. The molecule has 9 aromatic rings. The highest BCUT2D eigenvalue weighted by Gasteiger charge is 2.20. The van der Waals surface area contributed by atoms with Crippen LogP contribution in [0, 0.1) is 0 Å². The molecule has 0 radical (unpaired) electrons. The Labute approximate surface area is 253 Å². The number of benzene rings is 9. The smallest absolute Gasteiger partial charge is 0.0207 e. The SMILES string of the molecule is c1cc2c3c(cccc3c1)-c1cc(-c3cccc4c(-c5ccc6ccc7cccc8ccc5c6c78)cccc34)ccc1S2. The minimum Gasteiger partial charge on any atom is -0.0888 e. The number of fused-ring (bicyclic) bond motifs is 3. The maximum absolute atomic E-state index is 2.41. The number of hydrogen-bond donors (Lipinski definition) is 0. The Bertz CT molecular complexity index is 2570. The van der Waals surface area contributed by atoms with Crippen molar-refractivity contribution >= 4 is 65.6 Å². The molecule has 1 aliphatic heterocycles. The lowest BCUT2D eigenvalue weighted by Gasteiger charge is -2.21. The van der Waals surface area contributed by atoms with Gasteiger partial charge in [0.2, 0.25) is 0 Å². The van der Waals surface area contributed by atoms with E-state index in [-0.39, 0.29) is 0 Å². The Hall–Kier alpha value is -5.11. The largest absolute Gasteiger partial charge is 0.0888 e. The molecule has 10 rings (SSSR count). The van der Waals surface area contributed by atoms with E-state index in [0.29, 0.717) is 0 Å². The fraction of sp³-hybridized carbons (Fsp3) is 0. The van der Waals surface area contributed by atoms with Gasteiger partial charge in [0.25, 0.3) is 0 Å². The molecule has 0 bridgehead atoms. The van der Waals surface area contributed by atoms with Crippen LogP contribution < -0.4 is 0 Å². The van der Waals surface area contributed by atoms with Crippen molar-refractivity contribution in [1.29, 1.82) is 0 Å². The van der Waals surface area contributed by atoms with Crippen LogP contribution in [0.15, 0.2) is 155 Å². The van der Waals surface area contributed by atoms with Crippen LogP contribution in [0.2, 0.25) is 0 Å². The van der Waals surface area contributed by atoms with Crippen LogP contribution in [0.3, 0.4) is 0 Å². The molecule has 0 aliphatic carbocycles. The molecule has 9 aromatic carbocycles. The van der Waals surface area contributed by atoms with Crippen molar-refractivity contribution in [2.24, 2.45) is 0 Å². The van der Waals surface area contributed by atoms with Crippen LogP contribution in [-0.4, -0.2) is 0 Å². The van der Waals surface area contributed by atoms with Crippen LogP contribution in [0.1, 0.15) is 0 Å². The van der Waals surface area contributed by atoms with E-state index in [2.05, 4.69) is 146 Å². The van der Waals surface area contributed by atoms with Gasteiger partial charge >= 0.3 is 0 Å². The second-order valence-electron chi connectivity index (χ2n) is 11.6. The van der Waals surface area contributed by atoms with E-state index < -0.39 is 0 Å². The first kappa shape index (κ1) is 23.5. The molecule has 0 spiro atoms. The second kappa shape index (κ2) is 8.70. The molecule has 0 saturated carbocycles. The minimum atomic E-state index is 1.26. The van der Waals surface area contributed by atoms with E-state index in [0.717, 1.165) is 0 Å². The molecular formula is C42H24S. The van der Waals surface area contributed by atoms with Gasteiger partial charge in [0.05, 0.1) is 0 Å². The standard InChI is InChI=1S/C42H24S/c1-6-26-16-17-28-18-21-34(36-22-19-27(7-1)40(26)42(28)36)33-13-5-11-31-30(10-4-12-32(31)33)29-20-23-38-37(24-29)35-14-2-8-25-9-3-15-39(43-38)41(25)35/h1-24H. The predicted molar refractivity (Wildman–Crippen MR) is 186 cm³/mol. The lowest BCUT2D eigenvalue weighted by Crippen LogP contribution is -1.94. The van der Waals surface area contributed by atoms with Gasteiger partial charge in [0, 0.05) is 15.2 Å². The minimum absolute atomic E-state index is 1.26. The summed E-state index contributed by atoms with van der Waals surface area (Å²) in [5, 5.41) is 13.2. The average Bonchev–Trinajstić information content (AvgIpc) is 3.07. The van der Waals surface area contributed by atoms with Gasteiger partial charge in [-0.3, -0.25) is 0 Å². The zero-order valence-electron chi connectivity index (χ0n) is 23.3. The molecule has 1 heterocycles. The summed E-state index contributed by atoms with van der Waals surface area (Å²) < 4.78 is 0. The van der Waals surface area contributed by atoms with E-state index in [1.54, 1.807) is 0 Å². The summed E-state index contributed by atoms with van der Waals surface area (Å²) in [7, 11) is 0. The molecule has 0 saturated heterocycles. The predicted octanol–water partition coefficient (Wildman–Crippen LogP) is 12.4. The third kappa shape index (κ3) is 3.29. The van der Waals surface area contributed by atoms with E-state index in [1.807, 2.05) is 11.8 Å². The van der Waals surface area contributed by atoms with E-state index in [4.69, 9.17) is 0 Å². The number of rotatable bonds is 2. The van der Waals surface area contributed by atoms with Crippen LogP contribution in [-0.2, 0) is 0 Å². The van der Waals surface area contributed by atoms with Crippen LogP contribution in [0.5, 0.6) is 0 Å². The molecule has 0 amide bonds. The fourth-order valence-corrected chi connectivity index (χ4v) is 8.63. The lowest BCUT2D eigenvalue weighted by atomic mass is 9.87. The quantitative estimate of drug-likeness (QED) is 0.190. The molecule has 1 heteroatoms. The van der Waals surface area contributed by atoms with Crippen molar-refractivity contribution in [3.8, 4) is 33.4 Å². The topological polar surface area (TPSA) is 0 Å². The normalized spacial score (nSPS) is 12.6. The highest BCUT2D eigenvalue weighted by Crippen LogP contribution is 2.49. The molecule has 43 heavy (non-hydrogen) atoms. The molecule has 0 fully saturated rings. The number of hydrogen-bond acceptors (Lipinski definition) is 1. The van der Waals surface area contributed by atoms with Gasteiger partial charge in [0.1, 0.15) is 0 Å². The Morgan fingerprint density at radius 3 is 1.72 bits per heavy atom. The summed E-state index contributed by atoms with van der Waals surface area (Å²) >= 11 is 1.89. The Morgan fingerprint density at radius 1 is 0.302 bits per heavy atom. The third-order valence-corrected chi connectivity index (χ3v) is 10.5. The van der Waals surface area contributed by atoms with Crippen molar-refractivity contribution in [2.45, 2.75) is 9.79 Å². The van der Waals surface area contributed by atoms with Crippen molar-refractivity contribution in [1.82, 2.24) is 0 Å². The fourth-order valence-electron chi connectivity index (χ4n) is 7.50. The molecule has 0 aromatic heterocycles. The maximum atomic E-state index is 2.41. The zero-order valence-corrected chi connectivity index (χ0v) is 24.1. The third-order valence-electron chi connectivity index (χ3n) is 9.41. The van der Waals surface area contributed by atoms with Crippen molar-refractivity contribution < 1.29 is 0 Å². The van der Waals surface area contributed by atoms with Crippen LogP contribution in [0.4, 0.5) is 0 Å². The van der Waals surface area contributed by atoms with Gasteiger partial charge in [0.15, 0.2) is 0 Å². The summed E-state index contributed by atoms with van der Waals surface area (Å²) in [6, 6.07) is 54.3. The van der Waals surface area contributed by atoms with Gasteiger partial charge in [-0.15, -0.1) is 0 Å². The van der Waals surface area contributed by atoms with E-state index in [9.17, 15) is 0 Å². The Balaban J connectivity index is 1.19. The summed E-state index contributed by atoms with van der Waals surface area (Å²) in [6.45, 7) is 0. The molecule has 0 atom stereocenters. The van der Waals surface area contributed by atoms with Crippen molar-refractivity contribution in [3.63, 3.8) is 0 Å². The van der Waals surface area contributed by atoms with Crippen LogP contribution >= 0.6 is 11.8 Å². The average molecular weight is 561 g/mol. The maximum Gasteiger partial charge on any atom is 0.0207 e. The second-order valence-corrected chi connectivity index (χ2v) is 12.7. The molecule has 0 unspecified atom stereocenters. The molecule has 0 N–H and O–H groups in total. The molecule has 0 nitrogen and oxygen atoms in total. The van der Waals surface area contributed by atoms with Gasteiger partial charge in [-0.05, 0) is 100 Å². The van der Waals surface area contributed by atoms with E-state index in [1.165, 1.54) is 97.0 Å². The summed E-state index contributed by atoms with van der Waals surface area (Å²) in [6.07, 6.45) is 0. The monoisotopic (exact) mass is 560 g/mol. The van der Waals surface area contributed by atoms with Gasteiger partial charge in [-0.1, -0.05) is 139 Å². The summed E-state index contributed by atoms with van der Waals surface area (Å²) in [4.78, 5) is 2.67. The highest BCUT2D eigenvalue weighted by molar-refractivity contribution is 7.99.